The highest BCUT2D eigenvalue weighted by atomic mass is 79.9. The fourth-order valence-electron chi connectivity index (χ4n) is 2.91. The summed E-state index contributed by atoms with van der Waals surface area (Å²) >= 11 is 0. The summed E-state index contributed by atoms with van der Waals surface area (Å²) in [6, 6.07) is 13.6. The number of phenolic OH excluding ortho intramolecular Hbond substituents is 2. The number of fused-ring (bicyclic) bond motifs is 3. The second-order valence-electron chi connectivity index (χ2n) is 5.76. The molecule has 0 fully saturated rings. The van der Waals surface area contributed by atoms with Crippen molar-refractivity contribution in [3.8, 4) is 11.5 Å². The van der Waals surface area contributed by atoms with Crippen molar-refractivity contribution in [2.45, 2.75) is 13.3 Å². The number of benzene rings is 3. The SMILES string of the molecule is Br.CCN(C)CCc1cccc2c1ccc1ccc(O)c(O)c12. The molecule has 0 atom stereocenters. The van der Waals surface area contributed by atoms with E-state index in [1.54, 1.807) is 0 Å². The number of nitrogens with zero attached hydrogens (tertiary/aromatic N) is 1. The number of halogens is 1. The largest absolute Gasteiger partial charge is 0.504 e. The zero-order valence-corrected chi connectivity index (χ0v) is 15.1. The average Bonchev–Trinajstić information content (AvgIpc) is 2.55. The van der Waals surface area contributed by atoms with Crippen molar-refractivity contribution in [2.75, 3.05) is 20.1 Å². The van der Waals surface area contributed by atoms with Gasteiger partial charge in [-0.15, -0.1) is 17.0 Å². The zero-order valence-electron chi connectivity index (χ0n) is 13.4. The van der Waals surface area contributed by atoms with Crippen molar-refractivity contribution >= 4 is 38.5 Å². The third kappa shape index (κ3) is 3.28. The fraction of sp³-hybridized carbons (Fsp3) is 0.263. The summed E-state index contributed by atoms with van der Waals surface area (Å²) in [5, 5.41) is 23.8. The summed E-state index contributed by atoms with van der Waals surface area (Å²) in [6.45, 7) is 4.18. The lowest BCUT2D eigenvalue weighted by Gasteiger charge is -2.15. The zero-order chi connectivity index (χ0) is 15.7. The van der Waals surface area contributed by atoms with Crippen molar-refractivity contribution in [1.82, 2.24) is 4.90 Å². The summed E-state index contributed by atoms with van der Waals surface area (Å²) in [6.07, 6.45) is 0.965. The van der Waals surface area contributed by atoms with Gasteiger partial charge in [-0.3, -0.25) is 0 Å². The van der Waals surface area contributed by atoms with Crippen molar-refractivity contribution in [3.05, 3.63) is 48.0 Å². The van der Waals surface area contributed by atoms with E-state index in [1.165, 1.54) is 11.6 Å². The lowest BCUT2D eigenvalue weighted by atomic mass is 9.96. The average molecular weight is 376 g/mol. The Morgan fingerprint density at radius 2 is 1.70 bits per heavy atom. The normalized spacial score (nSPS) is 11.1. The van der Waals surface area contributed by atoms with E-state index in [0.29, 0.717) is 0 Å². The molecule has 23 heavy (non-hydrogen) atoms. The summed E-state index contributed by atoms with van der Waals surface area (Å²) in [5.74, 6) is -0.109. The highest BCUT2D eigenvalue weighted by Crippen LogP contribution is 2.38. The van der Waals surface area contributed by atoms with Crippen molar-refractivity contribution in [1.29, 1.82) is 0 Å². The Morgan fingerprint density at radius 3 is 2.43 bits per heavy atom. The Hall–Kier alpha value is -1.78. The predicted octanol–water partition coefficient (Wildman–Crippen LogP) is 4.48. The Labute approximate surface area is 146 Å². The van der Waals surface area contributed by atoms with Crippen LogP contribution in [-0.2, 0) is 6.42 Å². The number of hydrogen-bond donors (Lipinski definition) is 2. The quantitative estimate of drug-likeness (QED) is 0.521. The van der Waals surface area contributed by atoms with E-state index >= 15 is 0 Å². The highest BCUT2D eigenvalue weighted by Gasteiger charge is 2.11. The molecule has 0 unspecified atom stereocenters. The molecular weight excluding hydrogens is 354 g/mol. The Morgan fingerprint density at radius 1 is 0.957 bits per heavy atom. The molecule has 0 aliphatic carbocycles. The smallest absolute Gasteiger partial charge is 0.166 e. The van der Waals surface area contributed by atoms with Gasteiger partial charge in [-0.2, -0.15) is 0 Å². The van der Waals surface area contributed by atoms with Gasteiger partial charge in [-0.1, -0.05) is 43.3 Å². The standard InChI is InChI=1S/C19H21NO2.BrH/c1-3-20(2)12-11-13-5-4-6-16-15(13)9-7-14-8-10-17(21)19(22)18(14)16;/h4-10,21-22H,3,11-12H2,1-2H3;1H. The lowest BCUT2D eigenvalue weighted by Crippen LogP contribution is -2.20. The van der Waals surface area contributed by atoms with Gasteiger partial charge in [0.25, 0.3) is 0 Å². The topological polar surface area (TPSA) is 43.7 Å². The maximum atomic E-state index is 10.2. The van der Waals surface area contributed by atoms with Gasteiger partial charge < -0.3 is 15.1 Å². The summed E-state index contributed by atoms with van der Waals surface area (Å²) in [7, 11) is 2.12. The van der Waals surface area contributed by atoms with Crippen LogP contribution in [0.3, 0.4) is 0 Å². The first-order valence-corrected chi connectivity index (χ1v) is 7.65. The van der Waals surface area contributed by atoms with Gasteiger partial charge in [-0.25, -0.2) is 0 Å². The van der Waals surface area contributed by atoms with E-state index in [9.17, 15) is 10.2 Å². The minimum atomic E-state index is -0.0730. The van der Waals surface area contributed by atoms with E-state index in [-0.39, 0.29) is 28.5 Å². The van der Waals surface area contributed by atoms with Gasteiger partial charge >= 0.3 is 0 Å². The molecule has 122 valence electrons. The maximum absolute atomic E-state index is 10.2. The van der Waals surface area contributed by atoms with Crippen molar-refractivity contribution in [2.24, 2.45) is 0 Å². The third-order valence-corrected chi connectivity index (χ3v) is 4.39. The highest BCUT2D eigenvalue weighted by molar-refractivity contribution is 8.93. The second-order valence-corrected chi connectivity index (χ2v) is 5.76. The molecule has 0 aromatic heterocycles. The van der Waals surface area contributed by atoms with E-state index in [1.807, 2.05) is 24.3 Å². The van der Waals surface area contributed by atoms with Gasteiger partial charge in [0.1, 0.15) is 0 Å². The van der Waals surface area contributed by atoms with Crippen LogP contribution in [0.4, 0.5) is 0 Å². The molecule has 3 aromatic rings. The number of likely N-dealkylation sites (N-methyl/N-ethyl adjacent to an activating group) is 1. The second kappa shape index (κ2) is 7.20. The molecule has 0 bridgehead atoms. The molecule has 0 aliphatic heterocycles. The molecule has 0 saturated carbocycles. The first-order chi connectivity index (χ1) is 10.6. The molecule has 2 N–H and O–H groups in total. The minimum absolute atomic E-state index is 0. The van der Waals surface area contributed by atoms with E-state index < -0.39 is 0 Å². The molecule has 0 aliphatic rings. The van der Waals surface area contributed by atoms with Crippen molar-refractivity contribution < 1.29 is 10.2 Å². The van der Waals surface area contributed by atoms with Gasteiger partial charge in [0.2, 0.25) is 0 Å². The molecular formula is C19H22BrNO2. The van der Waals surface area contributed by atoms with Crippen LogP contribution in [0.5, 0.6) is 11.5 Å². The van der Waals surface area contributed by atoms with Crippen LogP contribution in [0.25, 0.3) is 21.5 Å². The molecule has 0 spiro atoms. The Kier molecular flexibility index (Phi) is 5.50. The fourth-order valence-corrected chi connectivity index (χ4v) is 2.91. The van der Waals surface area contributed by atoms with Crippen LogP contribution in [0.2, 0.25) is 0 Å². The Balaban J connectivity index is 0.00000192. The first kappa shape index (κ1) is 17.6. The molecule has 3 nitrogen and oxygen atoms in total. The monoisotopic (exact) mass is 375 g/mol. The molecule has 0 amide bonds. The molecule has 3 aromatic carbocycles. The van der Waals surface area contributed by atoms with Gasteiger partial charge in [-0.05, 0) is 47.8 Å². The molecule has 0 heterocycles. The van der Waals surface area contributed by atoms with Crippen LogP contribution in [0, 0.1) is 0 Å². The van der Waals surface area contributed by atoms with Gasteiger partial charge in [0, 0.05) is 11.9 Å². The summed E-state index contributed by atoms with van der Waals surface area (Å²) in [4.78, 5) is 2.28. The van der Waals surface area contributed by atoms with E-state index in [0.717, 1.165) is 41.1 Å². The first-order valence-electron chi connectivity index (χ1n) is 7.65. The van der Waals surface area contributed by atoms with Crippen LogP contribution < -0.4 is 0 Å². The third-order valence-electron chi connectivity index (χ3n) is 4.39. The predicted molar refractivity (Wildman–Crippen MR) is 102 cm³/mol. The number of rotatable bonds is 4. The summed E-state index contributed by atoms with van der Waals surface area (Å²) < 4.78 is 0. The van der Waals surface area contributed by atoms with Crippen LogP contribution >= 0.6 is 17.0 Å². The van der Waals surface area contributed by atoms with E-state index in [2.05, 4.69) is 31.0 Å². The lowest BCUT2D eigenvalue weighted by molar-refractivity contribution is 0.358. The molecule has 4 heteroatoms. The van der Waals surface area contributed by atoms with Crippen LogP contribution in [-0.4, -0.2) is 35.3 Å². The summed E-state index contributed by atoms with van der Waals surface area (Å²) in [5.41, 5.74) is 1.27. The van der Waals surface area contributed by atoms with Crippen LogP contribution in [0.15, 0.2) is 42.5 Å². The van der Waals surface area contributed by atoms with Gasteiger partial charge in [0.15, 0.2) is 11.5 Å². The molecule has 0 radical (unpaired) electrons. The molecule has 3 rings (SSSR count). The van der Waals surface area contributed by atoms with Gasteiger partial charge in [0.05, 0.1) is 0 Å². The number of hydrogen-bond acceptors (Lipinski definition) is 3. The van der Waals surface area contributed by atoms with Crippen molar-refractivity contribution in [3.63, 3.8) is 0 Å². The number of phenols is 2. The molecule has 0 saturated heterocycles. The van der Waals surface area contributed by atoms with Crippen LogP contribution in [0.1, 0.15) is 12.5 Å². The number of aromatic hydroxyl groups is 2. The minimum Gasteiger partial charge on any atom is -0.504 e. The maximum Gasteiger partial charge on any atom is 0.166 e. The Bertz CT molecular complexity index is 832. The van der Waals surface area contributed by atoms with E-state index in [4.69, 9.17) is 0 Å².